The standard InChI is InChI=1S/C43H74O5/c1-3-5-7-9-11-13-15-17-19-20-21-22-24-25-27-29-31-33-35-37-42(45)47-40-41(39-44)48-43(46)38-36-34-32-30-28-26-23-18-16-14-12-10-8-6-4-2/h6,8,12,14,17-19,23,28,30,41,44H,3-5,7,9-11,13,15-16,20-22,24-27,29,31-40H2,1-2H3. The van der Waals surface area contributed by atoms with Gasteiger partial charge in [-0.3, -0.25) is 9.59 Å². The molecule has 0 saturated carbocycles. The Morgan fingerprint density at radius 2 is 0.896 bits per heavy atom. The van der Waals surface area contributed by atoms with Gasteiger partial charge in [-0.2, -0.15) is 0 Å². The molecular weight excluding hydrogens is 596 g/mol. The molecule has 1 N–H and O–H groups in total. The fourth-order valence-corrected chi connectivity index (χ4v) is 5.30. The Labute approximate surface area is 296 Å². The van der Waals surface area contributed by atoms with Gasteiger partial charge in [-0.15, -0.1) is 0 Å². The number of aliphatic hydroxyl groups is 1. The van der Waals surface area contributed by atoms with Crippen molar-refractivity contribution in [2.45, 2.75) is 187 Å². The molecule has 0 saturated heterocycles. The Bertz CT molecular complexity index is 853. The average Bonchev–Trinajstić information content (AvgIpc) is 3.09. The second-order valence-corrected chi connectivity index (χ2v) is 13.0. The fourth-order valence-electron chi connectivity index (χ4n) is 5.30. The van der Waals surface area contributed by atoms with E-state index in [4.69, 9.17) is 9.47 Å². The van der Waals surface area contributed by atoms with Crippen molar-refractivity contribution in [1.29, 1.82) is 0 Å². The van der Waals surface area contributed by atoms with Crippen LogP contribution in [0.3, 0.4) is 0 Å². The summed E-state index contributed by atoms with van der Waals surface area (Å²) in [4.78, 5) is 24.2. The van der Waals surface area contributed by atoms with Crippen molar-refractivity contribution < 1.29 is 24.2 Å². The summed E-state index contributed by atoms with van der Waals surface area (Å²) in [6.45, 7) is 3.98. The molecular formula is C43H74O5. The smallest absolute Gasteiger partial charge is 0.306 e. The molecule has 0 bridgehead atoms. The molecule has 0 aliphatic heterocycles. The molecule has 0 amide bonds. The zero-order valence-corrected chi connectivity index (χ0v) is 31.2. The van der Waals surface area contributed by atoms with Crippen LogP contribution in [-0.2, 0) is 19.1 Å². The summed E-state index contributed by atoms with van der Waals surface area (Å²) >= 11 is 0. The number of unbranched alkanes of at least 4 members (excludes halogenated alkanes) is 17. The molecule has 1 unspecified atom stereocenters. The minimum absolute atomic E-state index is 0.0854. The van der Waals surface area contributed by atoms with Crippen LogP contribution in [0.4, 0.5) is 0 Å². The molecule has 0 spiro atoms. The van der Waals surface area contributed by atoms with Crippen molar-refractivity contribution in [1.82, 2.24) is 0 Å². The Hall–Kier alpha value is -2.40. The number of allylic oxidation sites excluding steroid dienone is 10. The van der Waals surface area contributed by atoms with Gasteiger partial charge in [0.15, 0.2) is 6.10 Å². The maximum absolute atomic E-state index is 12.1. The van der Waals surface area contributed by atoms with Crippen molar-refractivity contribution in [2.24, 2.45) is 0 Å². The lowest BCUT2D eigenvalue weighted by atomic mass is 10.1. The maximum Gasteiger partial charge on any atom is 0.306 e. The van der Waals surface area contributed by atoms with Gasteiger partial charge in [-0.25, -0.2) is 0 Å². The van der Waals surface area contributed by atoms with Gasteiger partial charge in [0, 0.05) is 12.8 Å². The van der Waals surface area contributed by atoms with E-state index in [0.29, 0.717) is 12.8 Å². The van der Waals surface area contributed by atoms with Gasteiger partial charge < -0.3 is 14.6 Å². The molecule has 276 valence electrons. The van der Waals surface area contributed by atoms with Gasteiger partial charge in [0.1, 0.15) is 6.61 Å². The van der Waals surface area contributed by atoms with E-state index in [1.54, 1.807) is 0 Å². The van der Waals surface area contributed by atoms with E-state index in [2.05, 4.69) is 74.6 Å². The van der Waals surface area contributed by atoms with Crippen molar-refractivity contribution in [3.05, 3.63) is 60.8 Å². The third-order valence-corrected chi connectivity index (χ3v) is 8.30. The summed E-state index contributed by atoms with van der Waals surface area (Å²) in [5.41, 5.74) is 0. The molecule has 0 heterocycles. The number of ether oxygens (including phenoxy) is 2. The van der Waals surface area contributed by atoms with Gasteiger partial charge in [0.25, 0.3) is 0 Å². The first-order valence-corrected chi connectivity index (χ1v) is 19.8. The van der Waals surface area contributed by atoms with Crippen LogP contribution in [0.2, 0.25) is 0 Å². The highest BCUT2D eigenvalue weighted by atomic mass is 16.6. The van der Waals surface area contributed by atoms with Crippen molar-refractivity contribution in [3.8, 4) is 0 Å². The number of hydrogen-bond acceptors (Lipinski definition) is 5. The summed E-state index contributed by atoms with van der Waals surface area (Å²) in [6, 6.07) is 0. The van der Waals surface area contributed by atoms with Crippen LogP contribution >= 0.6 is 0 Å². The summed E-state index contributed by atoms with van der Waals surface area (Å²) in [7, 11) is 0. The van der Waals surface area contributed by atoms with Gasteiger partial charge in [-0.1, -0.05) is 152 Å². The molecule has 5 nitrogen and oxygen atoms in total. The van der Waals surface area contributed by atoms with E-state index in [1.165, 1.54) is 89.9 Å². The van der Waals surface area contributed by atoms with E-state index < -0.39 is 6.10 Å². The SMILES string of the molecule is CCC=CCC=CCC=CCC=CCCCCC(=O)OC(CO)COC(=O)CCCCCCCCCCCC=CCCCCCCCC. The van der Waals surface area contributed by atoms with Gasteiger partial charge >= 0.3 is 11.9 Å². The van der Waals surface area contributed by atoms with Crippen LogP contribution in [0.25, 0.3) is 0 Å². The predicted molar refractivity (Wildman–Crippen MR) is 205 cm³/mol. The molecule has 0 fully saturated rings. The molecule has 0 radical (unpaired) electrons. The second-order valence-electron chi connectivity index (χ2n) is 13.0. The maximum atomic E-state index is 12.1. The molecule has 0 aromatic carbocycles. The van der Waals surface area contributed by atoms with E-state index in [9.17, 15) is 14.7 Å². The highest BCUT2D eigenvalue weighted by molar-refractivity contribution is 5.70. The first-order valence-electron chi connectivity index (χ1n) is 19.8. The minimum atomic E-state index is -0.795. The first-order chi connectivity index (χ1) is 23.6. The van der Waals surface area contributed by atoms with Crippen LogP contribution in [-0.4, -0.2) is 36.4 Å². The van der Waals surface area contributed by atoms with Crippen molar-refractivity contribution in [3.63, 3.8) is 0 Å². The molecule has 1 atom stereocenters. The molecule has 0 aliphatic rings. The lowest BCUT2D eigenvalue weighted by molar-refractivity contribution is -0.161. The van der Waals surface area contributed by atoms with Crippen LogP contribution < -0.4 is 0 Å². The van der Waals surface area contributed by atoms with E-state index in [1.807, 2.05) is 0 Å². The van der Waals surface area contributed by atoms with Crippen molar-refractivity contribution in [2.75, 3.05) is 13.2 Å². The van der Waals surface area contributed by atoms with Gasteiger partial charge in [-0.05, 0) is 77.0 Å². The normalized spacial score (nSPS) is 12.8. The minimum Gasteiger partial charge on any atom is -0.462 e. The quantitative estimate of drug-likeness (QED) is 0.0413. The summed E-state index contributed by atoms with van der Waals surface area (Å²) in [5.74, 6) is -0.644. The highest BCUT2D eigenvalue weighted by Gasteiger charge is 2.16. The zero-order chi connectivity index (χ0) is 35.0. The van der Waals surface area contributed by atoms with E-state index >= 15 is 0 Å². The average molecular weight is 671 g/mol. The van der Waals surface area contributed by atoms with Gasteiger partial charge in [0.05, 0.1) is 6.61 Å². The number of aliphatic hydroxyl groups excluding tert-OH is 1. The largest absolute Gasteiger partial charge is 0.462 e. The summed E-state index contributed by atoms with van der Waals surface area (Å²) < 4.78 is 10.6. The molecule has 0 rings (SSSR count). The third-order valence-electron chi connectivity index (χ3n) is 8.30. The fraction of sp³-hybridized carbons (Fsp3) is 0.721. The van der Waals surface area contributed by atoms with Gasteiger partial charge in [0.2, 0.25) is 0 Å². The Balaban J connectivity index is 3.61. The van der Waals surface area contributed by atoms with Crippen molar-refractivity contribution >= 4 is 11.9 Å². The molecule has 48 heavy (non-hydrogen) atoms. The molecule has 5 heteroatoms. The number of carbonyl (C=O) groups is 2. The Morgan fingerprint density at radius 3 is 1.42 bits per heavy atom. The molecule has 0 aromatic rings. The highest BCUT2D eigenvalue weighted by Crippen LogP contribution is 2.13. The lowest BCUT2D eigenvalue weighted by Crippen LogP contribution is -2.28. The summed E-state index contributed by atoms with van der Waals surface area (Å²) in [5, 5.41) is 9.54. The van der Waals surface area contributed by atoms with Crippen LogP contribution in [0.1, 0.15) is 181 Å². The van der Waals surface area contributed by atoms with Crippen LogP contribution in [0.5, 0.6) is 0 Å². The zero-order valence-electron chi connectivity index (χ0n) is 31.2. The number of hydrogen-bond donors (Lipinski definition) is 1. The first kappa shape index (κ1) is 45.6. The number of esters is 2. The predicted octanol–water partition coefficient (Wildman–Crippen LogP) is 12.4. The monoisotopic (exact) mass is 671 g/mol. The lowest BCUT2D eigenvalue weighted by Gasteiger charge is -2.15. The third kappa shape index (κ3) is 36.4. The summed E-state index contributed by atoms with van der Waals surface area (Å²) in [6.07, 6.45) is 50.0. The van der Waals surface area contributed by atoms with E-state index in [-0.39, 0.29) is 25.2 Å². The second kappa shape index (κ2) is 39.0. The molecule has 0 aromatic heterocycles. The number of rotatable bonds is 35. The Kier molecular flexibility index (Phi) is 37.1. The topological polar surface area (TPSA) is 72.8 Å². The number of carbonyl (C=O) groups excluding carboxylic acids is 2. The molecule has 0 aliphatic carbocycles. The van der Waals surface area contributed by atoms with Crippen LogP contribution in [0, 0.1) is 0 Å². The Morgan fingerprint density at radius 1 is 0.500 bits per heavy atom. The van der Waals surface area contributed by atoms with Crippen LogP contribution in [0.15, 0.2) is 60.8 Å². The van der Waals surface area contributed by atoms with E-state index in [0.717, 1.165) is 64.2 Å².